The Bertz CT molecular complexity index is 441. The minimum atomic E-state index is -0.813. The average molecular weight is 350 g/mol. The lowest BCUT2D eigenvalue weighted by Crippen LogP contribution is -2.35. The Labute approximate surface area is 127 Å². The molecule has 1 rings (SSSR count). The normalized spacial score (nSPS) is 11.3. The fourth-order valence-corrected chi connectivity index (χ4v) is 2.19. The number of rotatable bonds is 7. The standard InChI is InChI=1S/C13H18BrClN2O2/c1-16(2)5-6-17(9-13(18)19)8-10-3-4-12(15)11(14)7-10/h3-4,7H,5-6,8-9H2,1-2H3,(H,18,19). The van der Waals surface area contributed by atoms with E-state index >= 15 is 0 Å². The van der Waals surface area contributed by atoms with Crippen LogP contribution in [0.15, 0.2) is 22.7 Å². The SMILES string of the molecule is CN(C)CCN(CC(=O)O)Cc1ccc(Cl)c(Br)c1. The number of nitrogens with zero attached hydrogens (tertiary/aromatic N) is 2. The minimum absolute atomic E-state index is 0.0358. The highest BCUT2D eigenvalue weighted by atomic mass is 79.9. The molecule has 0 aliphatic rings. The lowest BCUT2D eigenvalue weighted by Gasteiger charge is -2.22. The van der Waals surface area contributed by atoms with Gasteiger partial charge in [-0.3, -0.25) is 9.69 Å². The summed E-state index contributed by atoms with van der Waals surface area (Å²) in [6.07, 6.45) is 0. The molecule has 106 valence electrons. The van der Waals surface area contributed by atoms with E-state index in [0.717, 1.165) is 16.6 Å². The van der Waals surface area contributed by atoms with Crippen molar-refractivity contribution in [2.24, 2.45) is 0 Å². The van der Waals surface area contributed by atoms with E-state index in [9.17, 15) is 4.79 Å². The van der Waals surface area contributed by atoms with Crippen LogP contribution in [0.5, 0.6) is 0 Å². The van der Waals surface area contributed by atoms with E-state index in [1.807, 2.05) is 42.1 Å². The summed E-state index contributed by atoms with van der Waals surface area (Å²) in [4.78, 5) is 14.8. The molecule has 0 spiro atoms. The van der Waals surface area contributed by atoms with Gasteiger partial charge in [0.2, 0.25) is 0 Å². The Hall–Kier alpha value is -0.620. The van der Waals surface area contributed by atoms with Gasteiger partial charge < -0.3 is 10.0 Å². The van der Waals surface area contributed by atoms with E-state index in [1.165, 1.54) is 0 Å². The largest absolute Gasteiger partial charge is 0.480 e. The van der Waals surface area contributed by atoms with Gasteiger partial charge in [-0.2, -0.15) is 0 Å². The smallest absolute Gasteiger partial charge is 0.317 e. The highest BCUT2D eigenvalue weighted by Crippen LogP contribution is 2.23. The average Bonchev–Trinajstić information content (AvgIpc) is 2.30. The van der Waals surface area contributed by atoms with Crippen molar-refractivity contribution < 1.29 is 9.90 Å². The summed E-state index contributed by atoms with van der Waals surface area (Å²) in [7, 11) is 3.94. The molecule has 0 amide bonds. The monoisotopic (exact) mass is 348 g/mol. The first-order valence-electron chi connectivity index (χ1n) is 5.91. The van der Waals surface area contributed by atoms with Gasteiger partial charge >= 0.3 is 5.97 Å². The molecule has 4 nitrogen and oxygen atoms in total. The summed E-state index contributed by atoms with van der Waals surface area (Å²) in [5, 5.41) is 9.59. The van der Waals surface area contributed by atoms with Crippen LogP contribution < -0.4 is 0 Å². The van der Waals surface area contributed by atoms with Crippen LogP contribution in [-0.4, -0.2) is 54.6 Å². The molecule has 1 aromatic rings. The van der Waals surface area contributed by atoms with Gasteiger partial charge in [-0.05, 0) is 47.7 Å². The van der Waals surface area contributed by atoms with Gasteiger partial charge in [0.05, 0.1) is 11.6 Å². The maximum atomic E-state index is 10.9. The third-order valence-corrected chi connectivity index (χ3v) is 3.83. The van der Waals surface area contributed by atoms with E-state index < -0.39 is 5.97 Å². The third-order valence-electron chi connectivity index (χ3n) is 2.61. The Kier molecular flexibility index (Phi) is 6.79. The zero-order valence-corrected chi connectivity index (χ0v) is 13.4. The number of likely N-dealkylation sites (N-methyl/N-ethyl adjacent to an activating group) is 1. The van der Waals surface area contributed by atoms with Crippen LogP contribution in [0.3, 0.4) is 0 Å². The second kappa shape index (κ2) is 7.85. The molecule has 0 bridgehead atoms. The highest BCUT2D eigenvalue weighted by molar-refractivity contribution is 9.10. The van der Waals surface area contributed by atoms with E-state index in [0.29, 0.717) is 18.1 Å². The first kappa shape index (κ1) is 16.4. The fourth-order valence-electron chi connectivity index (χ4n) is 1.64. The van der Waals surface area contributed by atoms with Gasteiger partial charge in [-0.25, -0.2) is 0 Å². The second-order valence-electron chi connectivity index (χ2n) is 4.66. The van der Waals surface area contributed by atoms with Crippen molar-refractivity contribution in [3.63, 3.8) is 0 Å². The van der Waals surface area contributed by atoms with Crippen molar-refractivity contribution in [3.8, 4) is 0 Å². The van der Waals surface area contributed by atoms with E-state index in [1.54, 1.807) is 0 Å². The molecule has 1 N–H and O–H groups in total. The summed E-state index contributed by atoms with van der Waals surface area (Å²) >= 11 is 9.32. The van der Waals surface area contributed by atoms with Gasteiger partial charge in [0.15, 0.2) is 0 Å². The summed E-state index contributed by atoms with van der Waals surface area (Å²) in [5.41, 5.74) is 1.04. The topological polar surface area (TPSA) is 43.8 Å². The Balaban J connectivity index is 2.69. The number of carbonyl (C=O) groups is 1. The van der Waals surface area contributed by atoms with Crippen LogP contribution in [0.2, 0.25) is 5.02 Å². The number of hydrogen-bond acceptors (Lipinski definition) is 3. The first-order chi connectivity index (χ1) is 8.88. The van der Waals surface area contributed by atoms with Crippen LogP contribution in [0.25, 0.3) is 0 Å². The van der Waals surface area contributed by atoms with Gasteiger partial charge in [0.25, 0.3) is 0 Å². The van der Waals surface area contributed by atoms with E-state index in [-0.39, 0.29) is 6.54 Å². The van der Waals surface area contributed by atoms with Gasteiger partial charge in [-0.15, -0.1) is 0 Å². The summed E-state index contributed by atoms with van der Waals surface area (Å²) in [6, 6.07) is 5.65. The van der Waals surface area contributed by atoms with Crippen molar-refractivity contribution in [1.82, 2.24) is 9.80 Å². The van der Waals surface area contributed by atoms with Crippen molar-refractivity contribution in [2.75, 3.05) is 33.7 Å². The van der Waals surface area contributed by atoms with Gasteiger partial charge in [0.1, 0.15) is 0 Å². The molecular weight excluding hydrogens is 332 g/mol. The Morgan fingerprint density at radius 2 is 2.05 bits per heavy atom. The summed E-state index contributed by atoms with van der Waals surface area (Å²) < 4.78 is 0.828. The molecule has 0 atom stereocenters. The molecule has 6 heteroatoms. The van der Waals surface area contributed by atoms with Gasteiger partial charge in [-0.1, -0.05) is 17.7 Å². The minimum Gasteiger partial charge on any atom is -0.480 e. The Morgan fingerprint density at radius 3 is 2.58 bits per heavy atom. The van der Waals surface area contributed by atoms with Crippen molar-refractivity contribution in [2.45, 2.75) is 6.54 Å². The number of carboxylic acid groups (broad SMARTS) is 1. The predicted octanol–water partition coefficient (Wildman–Crippen LogP) is 2.55. The summed E-state index contributed by atoms with van der Waals surface area (Å²) in [5.74, 6) is -0.813. The third kappa shape index (κ3) is 6.38. The van der Waals surface area contributed by atoms with E-state index in [4.69, 9.17) is 16.7 Å². The molecule has 0 unspecified atom stereocenters. The zero-order valence-electron chi connectivity index (χ0n) is 11.1. The predicted molar refractivity (Wildman–Crippen MR) is 80.6 cm³/mol. The molecule has 0 saturated heterocycles. The van der Waals surface area contributed by atoms with Crippen molar-refractivity contribution in [3.05, 3.63) is 33.3 Å². The Morgan fingerprint density at radius 1 is 1.37 bits per heavy atom. The quantitative estimate of drug-likeness (QED) is 0.821. The molecule has 0 heterocycles. The maximum absolute atomic E-state index is 10.9. The van der Waals surface area contributed by atoms with Crippen molar-refractivity contribution >= 4 is 33.5 Å². The molecule has 0 aromatic heterocycles. The van der Waals surface area contributed by atoms with E-state index in [2.05, 4.69) is 15.9 Å². The fraction of sp³-hybridized carbons (Fsp3) is 0.462. The van der Waals surface area contributed by atoms with Crippen LogP contribution in [0.4, 0.5) is 0 Å². The number of aliphatic carboxylic acids is 1. The molecule has 1 aromatic carbocycles. The molecule has 0 radical (unpaired) electrons. The first-order valence-corrected chi connectivity index (χ1v) is 7.08. The molecule has 0 saturated carbocycles. The van der Waals surface area contributed by atoms with Crippen LogP contribution in [0, 0.1) is 0 Å². The second-order valence-corrected chi connectivity index (χ2v) is 5.92. The molecule has 19 heavy (non-hydrogen) atoms. The van der Waals surface area contributed by atoms with Gasteiger partial charge in [0, 0.05) is 24.1 Å². The van der Waals surface area contributed by atoms with Crippen LogP contribution in [-0.2, 0) is 11.3 Å². The maximum Gasteiger partial charge on any atom is 0.317 e. The molecule has 0 fully saturated rings. The summed E-state index contributed by atoms with van der Waals surface area (Å²) in [6.45, 7) is 2.16. The number of hydrogen-bond donors (Lipinski definition) is 1. The van der Waals surface area contributed by atoms with Crippen LogP contribution >= 0.6 is 27.5 Å². The molecule has 0 aliphatic heterocycles. The van der Waals surface area contributed by atoms with Crippen molar-refractivity contribution in [1.29, 1.82) is 0 Å². The number of carboxylic acids is 1. The number of halogens is 2. The highest BCUT2D eigenvalue weighted by Gasteiger charge is 2.11. The lowest BCUT2D eigenvalue weighted by molar-refractivity contribution is -0.138. The lowest BCUT2D eigenvalue weighted by atomic mass is 10.2. The molecule has 0 aliphatic carbocycles. The molecular formula is C13H18BrClN2O2. The zero-order chi connectivity index (χ0) is 14.4. The number of benzene rings is 1. The van der Waals surface area contributed by atoms with Crippen LogP contribution in [0.1, 0.15) is 5.56 Å².